The van der Waals surface area contributed by atoms with Crippen molar-refractivity contribution in [1.82, 2.24) is 15.4 Å². The van der Waals surface area contributed by atoms with Gasteiger partial charge in [0.2, 0.25) is 5.91 Å². The molecule has 0 spiro atoms. The van der Waals surface area contributed by atoms with E-state index in [4.69, 9.17) is 5.73 Å². The largest absolute Gasteiger partial charge is 0.383 e. The minimum atomic E-state index is -0.972. The Labute approximate surface area is 177 Å². The van der Waals surface area contributed by atoms with Gasteiger partial charge in [-0.25, -0.2) is 24.2 Å². The van der Waals surface area contributed by atoms with Gasteiger partial charge in [-0.05, 0) is 29.7 Å². The Morgan fingerprint density at radius 1 is 1.26 bits per heavy atom. The molecule has 1 atom stereocenters. The van der Waals surface area contributed by atoms with E-state index in [-0.39, 0.29) is 23.9 Å². The summed E-state index contributed by atoms with van der Waals surface area (Å²) in [5.74, 6) is -1.04. The van der Waals surface area contributed by atoms with Crippen LogP contribution in [0.3, 0.4) is 0 Å². The van der Waals surface area contributed by atoms with Crippen LogP contribution < -0.4 is 21.1 Å². The van der Waals surface area contributed by atoms with Gasteiger partial charge in [-0.3, -0.25) is 9.80 Å². The summed E-state index contributed by atoms with van der Waals surface area (Å²) in [7, 11) is 1.87. The molecule has 2 aliphatic heterocycles. The molecule has 0 saturated carbocycles. The minimum Gasteiger partial charge on any atom is -0.383 e. The van der Waals surface area contributed by atoms with Crippen LogP contribution in [0.2, 0.25) is 0 Å². The first-order valence-electron chi connectivity index (χ1n) is 9.90. The number of hydrazine groups is 1. The van der Waals surface area contributed by atoms with Gasteiger partial charge in [0, 0.05) is 24.8 Å². The van der Waals surface area contributed by atoms with Crippen LogP contribution in [0.15, 0.2) is 42.7 Å². The maximum atomic E-state index is 14.0. The molecule has 7 nitrogen and oxygen atoms in total. The molecule has 0 fully saturated rings. The summed E-state index contributed by atoms with van der Waals surface area (Å²) in [6, 6.07) is 9.54. The summed E-state index contributed by atoms with van der Waals surface area (Å²) < 4.78 is 27.5. The van der Waals surface area contributed by atoms with Gasteiger partial charge in [0.25, 0.3) is 0 Å². The van der Waals surface area contributed by atoms with E-state index in [2.05, 4.69) is 15.4 Å². The second-order valence-electron chi connectivity index (χ2n) is 7.69. The zero-order valence-electron chi connectivity index (χ0n) is 16.8. The van der Waals surface area contributed by atoms with Crippen molar-refractivity contribution < 1.29 is 13.6 Å². The highest BCUT2D eigenvalue weighted by Crippen LogP contribution is 2.39. The van der Waals surface area contributed by atoms with Crippen molar-refractivity contribution in [3.8, 4) is 0 Å². The van der Waals surface area contributed by atoms with Gasteiger partial charge in [-0.2, -0.15) is 0 Å². The summed E-state index contributed by atoms with van der Waals surface area (Å²) in [6.45, 7) is 0.494. The topological polar surface area (TPSA) is 87.4 Å². The minimum absolute atomic E-state index is 0.0559. The molecule has 2 aromatic carbocycles. The number of hydrogen-bond acceptors (Lipinski definition) is 6. The van der Waals surface area contributed by atoms with Crippen LogP contribution in [-0.2, 0) is 17.6 Å². The number of nitrogens with zero attached hydrogens (tertiary/aromatic N) is 4. The van der Waals surface area contributed by atoms with Crippen molar-refractivity contribution in [3.05, 3.63) is 76.6 Å². The van der Waals surface area contributed by atoms with E-state index in [1.807, 2.05) is 30.3 Å². The number of fused-ring (bicyclic) bond motifs is 2. The zero-order valence-corrected chi connectivity index (χ0v) is 16.8. The fraction of sp³-hybridized carbons (Fsp3) is 0.227. The summed E-state index contributed by atoms with van der Waals surface area (Å²) in [5.41, 5.74) is 13.1. The number of carbonyl (C=O) groups is 1. The maximum Gasteiger partial charge on any atom is 0.231 e. The number of hydrogen-bond donors (Lipinski definition) is 2. The van der Waals surface area contributed by atoms with Gasteiger partial charge in [0.1, 0.15) is 12.1 Å². The van der Waals surface area contributed by atoms with Gasteiger partial charge in [-0.1, -0.05) is 24.3 Å². The lowest BCUT2D eigenvalue weighted by atomic mass is 9.98. The van der Waals surface area contributed by atoms with Crippen LogP contribution in [-0.4, -0.2) is 29.5 Å². The molecule has 5 rings (SSSR count). The third-order valence-electron chi connectivity index (χ3n) is 5.83. The summed E-state index contributed by atoms with van der Waals surface area (Å²) in [5, 5.41) is 1.81. The molecule has 3 N–H and O–H groups in total. The van der Waals surface area contributed by atoms with Gasteiger partial charge in [-0.15, -0.1) is 0 Å². The number of nitrogens with two attached hydrogens (primary N) is 1. The third-order valence-corrected chi connectivity index (χ3v) is 5.83. The Bertz CT molecular complexity index is 1200. The molecule has 9 heteroatoms. The first-order valence-corrected chi connectivity index (χ1v) is 9.90. The molecule has 158 valence electrons. The molecule has 0 bridgehead atoms. The molecule has 1 unspecified atom stereocenters. The quantitative estimate of drug-likeness (QED) is 0.675. The Morgan fingerprint density at radius 2 is 2.10 bits per heavy atom. The van der Waals surface area contributed by atoms with Crippen molar-refractivity contribution in [2.75, 3.05) is 29.2 Å². The number of halogens is 2. The molecule has 2 aliphatic rings. The Morgan fingerprint density at radius 3 is 2.94 bits per heavy atom. The van der Waals surface area contributed by atoms with Crippen molar-refractivity contribution >= 4 is 23.2 Å². The van der Waals surface area contributed by atoms with Crippen molar-refractivity contribution in [3.63, 3.8) is 0 Å². The molecular formula is C22H20F2N6O. The van der Waals surface area contributed by atoms with Crippen LogP contribution in [0, 0.1) is 11.6 Å². The van der Waals surface area contributed by atoms with E-state index in [1.165, 1.54) is 18.5 Å². The molecule has 1 aromatic heterocycles. The van der Waals surface area contributed by atoms with E-state index in [0.29, 0.717) is 18.8 Å². The number of amides is 1. The van der Waals surface area contributed by atoms with E-state index in [1.54, 1.807) is 4.90 Å². The monoisotopic (exact) mass is 422 g/mol. The van der Waals surface area contributed by atoms with Gasteiger partial charge < -0.3 is 10.6 Å². The lowest BCUT2D eigenvalue weighted by Crippen LogP contribution is -2.31. The molecule has 31 heavy (non-hydrogen) atoms. The first kappa shape index (κ1) is 19.4. The van der Waals surface area contributed by atoms with Crippen LogP contribution in [0.4, 0.5) is 26.1 Å². The smallest absolute Gasteiger partial charge is 0.231 e. The highest BCUT2D eigenvalue weighted by Gasteiger charge is 2.33. The highest BCUT2D eigenvalue weighted by molar-refractivity contribution is 5.96. The number of nitrogens with one attached hydrogen (secondary N) is 1. The molecule has 0 radical (unpaired) electrons. The van der Waals surface area contributed by atoms with Crippen molar-refractivity contribution in [1.29, 1.82) is 0 Å². The SMILES string of the molecule is CN1NC(c2ccc3c(c2)CCN3C(=O)Cc2cccc(F)c2F)c2c(N)ncnc21. The van der Waals surface area contributed by atoms with Crippen LogP contribution >= 0.6 is 0 Å². The van der Waals surface area contributed by atoms with Gasteiger partial charge >= 0.3 is 0 Å². The first-order chi connectivity index (χ1) is 14.9. The van der Waals surface area contributed by atoms with E-state index < -0.39 is 11.6 Å². The Kier molecular flexibility index (Phi) is 4.55. The summed E-state index contributed by atoms with van der Waals surface area (Å²) in [4.78, 5) is 22.9. The van der Waals surface area contributed by atoms with Crippen molar-refractivity contribution in [2.45, 2.75) is 18.9 Å². The lowest BCUT2D eigenvalue weighted by molar-refractivity contribution is -0.117. The second-order valence-corrected chi connectivity index (χ2v) is 7.69. The molecule has 1 amide bonds. The third kappa shape index (κ3) is 3.17. The maximum absolute atomic E-state index is 14.0. The van der Waals surface area contributed by atoms with E-state index in [0.717, 1.165) is 34.3 Å². The Hall–Kier alpha value is -3.59. The second kappa shape index (κ2) is 7.28. The number of rotatable bonds is 3. The number of aromatic nitrogens is 2. The molecular weight excluding hydrogens is 402 g/mol. The fourth-order valence-corrected chi connectivity index (χ4v) is 4.31. The normalized spacial score (nSPS) is 17.1. The number of anilines is 3. The van der Waals surface area contributed by atoms with E-state index in [9.17, 15) is 13.6 Å². The van der Waals surface area contributed by atoms with Gasteiger partial charge in [0.05, 0.1) is 18.0 Å². The van der Waals surface area contributed by atoms with Crippen LogP contribution in [0.1, 0.15) is 28.3 Å². The van der Waals surface area contributed by atoms with Gasteiger partial charge in [0.15, 0.2) is 17.5 Å². The number of benzene rings is 2. The van der Waals surface area contributed by atoms with Crippen LogP contribution in [0.25, 0.3) is 0 Å². The lowest BCUT2D eigenvalue weighted by Gasteiger charge is -2.19. The van der Waals surface area contributed by atoms with Crippen molar-refractivity contribution in [2.24, 2.45) is 0 Å². The zero-order chi connectivity index (χ0) is 21.7. The average molecular weight is 422 g/mol. The predicted octanol–water partition coefficient (Wildman–Crippen LogP) is 2.51. The standard InChI is InChI=1S/C22H20F2N6O/c1-29-22-18(21(25)26-11-27-22)20(28-29)14-5-6-16-12(9-14)7-8-30(16)17(31)10-13-3-2-4-15(23)19(13)24/h2-6,9,11,20,28H,7-8,10H2,1H3,(H2,25,26,27). The molecule has 0 saturated heterocycles. The molecule has 3 heterocycles. The summed E-state index contributed by atoms with van der Waals surface area (Å²) >= 11 is 0. The number of nitrogen functional groups attached to an aromatic ring is 1. The summed E-state index contributed by atoms with van der Waals surface area (Å²) in [6.07, 6.45) is 1.92. The average Bonchev–Trinajstić information content (AvgIpc) is 3.33. The highest BCUT2D eigenvalue weighted by atomic mass is 19.2. The molecule has 0 aliphatic carbocycles. The fourth-order valence-electron chi connectivity index (χ4n) is 4.31. The predicted molar refractivity (Wildman–Crippen MR) is 112 cm³/mol. The number of carbonyl (C=O) groups excluding carboxylic acids is 1. The Balaban J connectivity index is 1.41. The molecule has 3 aromatic rings. The van der Waals surface area contributed by atoms with E-state index >= 15 is 0 Å². The van der Waals surface area contributed by atoms with Crippen LogP contribution in [0.5, 0.6) is 0 Å².